The number of hydrogen-bond donors (Lipinski definition) is 0. The number of ketones is 2. The Kier molecular flexibility index (Phi) is 6.74. The maximum Gasteiger partial charge on any atom is 0.234 e. The molecule has 0 atom stereocenters. The van der Waals surface area contributed by atoms with Crippen LogP contribution in [0.5, 0.6) is 34.5 Å². The molecule has 0 unspecified atom stereocenters. The van der Waals surface area contributed by atoms with Crippen LogP contribution in [0.2, 0.25) is 0 Å². The van der Waals surface area contributed by atoms with Crippen LogP contribution in [-0.2, 0) is 12.8 Å². The van der Waals surface area contributed by atoms with Crippen molar-refractivity contribution in [2.75, 3.05) is 27.8 Å². The van der Waals surface area contributed by atoms with Crippen LogP contribution in [0.4, 0.5) is 0 Å². The highest BCUT2D eigenvalue weighted by Crippen LogP contribution is 2.44. The third kappa shape index (κ3) is 4.80. The van der Waals surface area contributed by atoms with Gasteiger partial charge in [0.2, 0.25) is 25.2 Å². The molecule has 4 aromatic rings. The van der Waals surface area contributed by atoms with Crippen molar-refractivity contribution >= 4 is 11.6 Å². The second-order valence-corrected chi connectivity index (χ2v) is 9.36. The van der Waals surface area contributed by atoms with Gasteiger partial charge in [0.05, 0.1) is 14.2 Å². The Bertz CT molecular complexity index is 1620. The van der Waals surface area contributed by atoms with Gasteiger partial charge in [0.15, 0.2) is 23.0 Å². The maximum atomic E-state index is 13.8. The van der Waals surface area contributed by atoms with E-state index in [1.54, 1.807) is 43.5 Å². The monoisotopic (exact) mass is 538 g/mol. The molecule has 2 aliphatic heterocycles. The van der Waals surface area contributed by atoms with E-state index in [9.17, 15) is 9.59 Å². The van der Waals surface area contributed by atoms with E-state index in [2.05, 4.69) is 0 Å². The molecular weight excluding hydrogens is 512 g/mol. The Hall–Kier alpha value is -4.98. The third-order valence-corrected chi connectivity index (χ3v) is 7.00. The van der Waals surface area contributed by atoms with E-state index in [4.69, 9.17) is 28.4 Å². The van der Waals surface area contributed by atoms with Gasteiger partial charge in [-0.15, -0.1) is 0 Å². The lowest BCUT2D eigenvalue weighted by atomic mass is 9.88. The van der Waals surface area contributed by atoms with E-state index in [1.165, 1.54) is 7.11 Å². The van der Waals surface area contributed by atoms with Crippen LogP contribution in [0, 0.1) is 0 Å². The van der Waals surface area contributed by atoms with E-state index >= 15 is 0 Å². The molecule has 0 saturated heterocycles. The van der Waals surface area contributed by atoms with Crippen molar-refractivity contribution < 1.29 is 38.0 Å². The number of benzene rings is 4. The van der Waals surface area contributed by atoms with Gasteiger partial charge in [-0.2, -0.15) is 0 Å². The van der Waals surface area contributed by atoms with Gasteiger partial charge >= 0.3 is 0 Å². The van der Waals surface area contributed by atoms with Crippen LogP contribution in [0.3, 0.4) is 0 Å². The predicted molar refractivity (Wildman–Crippen MR) is 146 cm³/mol. The predicted octanol–water partition coefficient (Wildman–Crippen LogP) is 5.68. The lowest BCUT2D eigenvalue weighted by molar-refractivity contribution is 0.0817. The van der Waals surface area contributed by atoms with Gasteiger partial charge in [-0.25, -0.2) is 0 Å². The highest BCUT2D eigenvalue weighted by Gasteiger charge is 2.29. The zero-order chi connectivity index (χ0) is 27.6. The summed E-state index contributed by atoms with van der Waals surface area (Å²) in [6.45, 7) is 0.134. The zero-order valence-corrected chi connectivity index (χ0v) is 22.0. The standard InChI is InChI=1S/C32H26O8/c1-35-22-7-3-5-19(11-22)9-10-20-13-27-28(38-17-37-27)14-24(20)25-15-29-30(40-18-39-29)16-26(25)32(34)31(33)21-6-4-8-23(12-21)36-2/h3-8,11-16H,9-10,17-18H2,1-2H3. The van der Waals surface area contributed by atoms with Crippen LogP contribution < -0.4 is 28.4 Å². The summed E-state index contributed by atoms with van der Waals surface area (Å²) < 4.78 is 33.2. The molecule has 0 spiro atoms. The Morgan fingerprint density at radius 2 is 1.25 bits per heavy atom. The highest BCUT2D eigenvalue weighted by molar-refractivity contribution is 6.50. The average molecular weight is 539 g/mol. The van der Waals surface area contributed by atoms with Crippen molar-refractivity contribution in [2.45, 2.75) is 12.8 Å². The molecule has 0 amide bonds. The molecule has 0 N–H and O–H groups in total. The second kappa shape index (κ2) is 10.6. The van der Waals surface area contributed by atoms with E-state index in [-0.39, 0.29) is 24.7 Å². The Balaban J connectivity index is 1.44. The number of fused-ring (bicyclic) bond motifs is 2. The second-order valence-electron chi connectivity index (χ2n) is 9.36. The SMILES string of the molecule is COc1cccc(CCc2cc3c(cc2-c2cc4c(cc2C(=O)C(=O)c2cccc(OC)c2)OCO4)OCO3)c1. The fraction of sp³-hybridized carbons (Fsp3) is 0.188. The Labute approximate surface area is 231 Å². The molecule has 202 valence electrons. The summed E-state index contributed by atoms with van der Waals surface area (Å²) in [6, 6.07) is 21.5. The van der Waals surface area contributed by atoms with Crippen molar-refractivity contribution in [3.8, 4) is 45.6 Å². The summed E-state index contributed by atoms with van der Waals surface area (Å²) in [7, 11) is 3.15. The molecule has 0 fully saturated rings. The van der Waals surface area contributed by atoms with Crippen LogP contribution in [0.25, 0.3) is 11.1 Å². The number of carbonyl (C=O) groups excluding carboxylic acids is 2. The van der Waals surface area contributed by atoms with Crippen molar-refractivity contribution in [2.24, 2.45) is 0 Å². The number of rotatable bonds is 9. The highest BCUT2D eigenvalue weighted by atomic mass is 16.7. The van der Waals surface area contributed by atoms with E-state index < -0.39 is 11.6 Å². The first-order chi connectivity index (χ1) is 19.5. The van der Waals surface area contributed by atoms with Gasteiger partial charge in [0, 0.05) is 11.1 Å². The summed E-state index contributed by atoms with van der Waals surface area (Å²) in [5.74, 6) is 2.04. The minimum absolute atomic E-state index is 0.0279. The molecule has 0 radical (unpaired) electrons. The molecule has 4 aromatic carbocycles. The van der Waals surface area contributed by atoms with Gasteiger partial charge in [0.1, 0.15) is 11.5 Å². The number of methoxy groups -OCH3 is 2. The van der Waals surface area contributed by atoms with Crippen molar-refractivity contribution in [3.05, 3.63) is 95.1 Å². The molecule has 2 heterocycles. The smallest absolute Gasteiger partial charge is 0.234 e. The molecule has 6 rings (SSSR count). The fourth-order valence-corrected chi connectivity index (χ4v) is 4.92. The van der Waals surface area contributed by atoms with Crippen molar-refractivity contribution in [1.29, 1.82) is 0 Å². The number of carbonyl (C=O) groups is 2. The van der Waals surface area contributed by atoms with E-state index in [1.807, 2.05) is 36.4 Å². The number of ether oxygens (including phenoxy) is 6. The topological polar surface area (TPSA) is 89.5 Å². The third-order valence-electron chi connectivity index (χ3n) is 7.00. The summed E-state index contributed by atoms with van der Waals surface area (Å²) in [5, 5.41) is 0. The van der Waals surface area contributed by atoms with E-state index in [0.717, 1.165) is 22.4 Å². The van der Waals surface area contributed by atoms with Crippen LogP contribution in [0.1, 0.15) is 31.8 Å². The van der Waals surface area contributed by atoms with Gasteiger partial charge in [-0.05, 0) is 83.6 Å². The van der Waals surface area contributed by atoms with Crippen LogP contribution in [0.15, 0.2) is 72.8 Å². The minimum atomic E-state index is -0.669. The van der Waals surface area contributed by atoms with Crippen LogP contribution >= 0.6 is 0 Å². The molecule has 2 aliphatic rings. The molecule has 0 aliphatic carbocycles. The Morgan fingerprint density at radius 1 is 0.650 bits per heavy atom. The summed E-state index contributed by atoms with van der Waals surface area (Å²) in [4.78, 5) is 27.2. The van der Waals surface area contributed by atoms with Gasteiger partial charge in [-0.1, -0.05) is 24.3 Å². The lowest BCUT2D eigenvalue weighted by Gasteiger charge is -2.16. The Morgan fingerprint density at radius 3 is 1.95 bits per heavy atom. The molecule has 0 saturated carbocycles. The number of hydrogen-bond acceptors (Lipinski definition) is 8. The quantitative estimate of drug-likeness (QED) is 0.199. The van der Waals surface area contributed by atoms with Gasteiger partial charge in [0.25, 0.3) is 0 Å². The maximum absolute atomic E-state index is 13.8. The molecule has 8 heteroatoms. The normalized spacial score (nSPS) is 12.8. The fourth-order valence-electron chi connectivity index (χ4n) is 4.92. The lowest BCUT2D eigenvalue weighted by Crippen LogP contribution is -2.16. The van der Waals surface area contributed by atoms with Crippen molar-refractivity contribution in [1.82, 2.24) is 0 Å². The molecule has 0 aromatic heterocycles. The van der Waals surface area contributed by atoms with Crippen molar-refractivity contribution in [3.63, 3.8) is 0 Å². The first-order valence-corrected chi connectivity index (χ1v) is 12.8. The minimum Gasteiger partial charge on any atom is -0.497 e. The van der Waals surface area contributed by atoms with Gasteiger partial charge in [-0.3, -0.25) is 9.59 Å². The molecule has 40 heavy (non-hydrogen) atoms. The summed E-state index contributed by atoms with van der Waals surface area (Å²) in [5.41, 5.74) is 3.75. The first-order valence-electron chi connectivity index (χ1n) is 12.8. The van der Waals surface area contributed by atoms with E-state index in [0.29, 0.717) is 47.2 Å². The average Bonchev–Trinajstić information content (AvgIpc) is 3.67. The number of aryl methyl sites for hydroxylation is 2. The zero-order valence-electron chi connectivity index (χ0n) is 22.0. The van der Waals surface area contributed by atoms with Gasteiger partial charge < -0.3 is 28.4 Å². The first kappa shape index (κ1) is 25.3. The summed E-state index contributed by atoms with van der Waals surface area (Å²) >= 11 is 0. The van der Waals surface area contributed by atoms with Crippen LogP contribution in [-0.4, -0.2) is 39.4 Å². The number of Topliss-reactive ketones (excluding diaryl/α,β-unsaturated/α-hetero) is 2. The largest absolute Gasteiger partial charge is 0.497 e. The molecule has 8 nitrogen and oxygen atoms in total. The molecular formula is C32H26O8. The summed E-state index contributed by atoms with van der Waals surface area (Å²) in [6.07, 6.45) is 1.34. The molecule has 0 bridgehead atoms.